The van der Waals surface area contributed by atoms with Crippen molar-refractivity contribution in [3.05, 3.63) is 53.1 Å². The fourth-order valence-corrected chi connectivity index (χ4v) is 4.06. The molecule has 0 radical (unpaired) electrons. The summed E-state index contributed by atoms with van der Waals surface area (Å²) in [5, 5.41) is 0.587. The van der Waals surface area contributed by atoms with Gasteiger partial charge in [0.05, 0.1) is 14.2 Å². The normalized spacial score (nSPS) is 12.8. The van der Waals surface area contributed by atoms with Crippen molar-refractivity contribution in [1.82, 2.24) is 9.62 Å². The molecule has 2 aromatic carbocycles. The summed E-state index contributed by atoms with van der Waals surface area (Å²) in [7, 11) is 2.83. The topological polar surface area (TPSA) is 67.9 Å². The Morgan fingerprint density at radius 1 is 1.12 bits per heavy atom. The molecule has 0 aliphatic carbocycles. The van der Waals surface area contributed by atoms with Crippen LogP contribution >= 0.6 is 11.6 Å². The SMILES string of the molecule is COc1ccc(OC)c(S(=O)(=O)NCC(c2ccccc2Cl)N(C)C)c1. The van der Waals surface area contributed by atoms with E-state index in [-0.39, 0.29) is 23.2 Å². The van der Waals surface area contributed by atoms with Crippen LogP contribution in [0.3, 0.4) is 0 Å². The predicted octanol–water partition coefficient (Wildman–Crippen LogP) is 2.94. The minimum Gasteiger partial charge on any atom is -0.497 e. The van der Waals surface area contributed by atoms with E-state index in [1.165, 1.54) is 20.3 Å². The highest BCUT2D eigenvalue weighted by Gasteiger charge is 2.24. The van der Waals surface area contributed by atoms with Crippen LogP contribution in [-0.4, -0.2) is 48.2 Å². The molecule has 0 aliphatic rings. The molecule has 26 heavy (non-hydrogen) atoms. The van der Waals surface area contributed by atoms with Crippen molar-refractivity contribution in [3.63, 3.8) is 0 Å². The van der Waals surface area contributed by atoms with Crippen LogP contribution < -0.4 is 14.2 Å². The standard InChI is InChI=1S/C18H23ClN2O4S/c1-21(2)16(14-7-5-6-8-15(14)19)12-20-26(22,23)18-11-13(24-3)9-10-17(18)25-4/h5-11,16,20H,12H2,1-4H3. The molecule has 0 bridgehead atoms. The second kappa shape index (κ2) is 8.73. The van der Waals surface area contributed by atoms with Crippen molar-refractivity contribution in [2.75, 3.05) is 34.9 Å². The molecule has 0 aliphatic heterocycles. The second-order valence-electron chi connectivity index (χ2n) is 5.87. The lowest BCUT2D eigenvalue weighted by molar-refractivity contribution is 0.299. The third-order valence-electron chi connectivity index (χ3n) is 4.01. The lowest BCUT2D eigenvalue weighted by Crippen LogP contribution is -2.34. The van der Waals surface area contributed by atoms with Gasteiger partial charge in [-0.15, -0.1) is 0 Å². The van der Waals surface area contributed by atoms with Gasteiger partial charge in [-0.1, -0.05) is 29.8 Å². The molecule has 0 fully saturated rings. The van der Waals surface area contributed by atoms with Gasteiger partial charge < -0.3 is 14.4 Å². The monoisotopic (exact) mass is 398 g/mol. The van der Waals surface area contributed by atoms with Gasteiger partial charge in [-0.3, -0.25) is 0 Å². The number of likely N-dealkylation sites (N-methyl/N-ethyl adjacent to an activating group) is 1. The van der Waals surface area contributed by atoms with Crippen LogP contribution in [0, 0.1) is 0 Å². The number of rotatable bonds is 8. The Kier molecular flexibility index (Phi) is 6.88. The molecule has 0 spiro atoms. The third-order valence-corrected chi connectivity index (χ3v) is 5.80. The quantitative estimate of drug-likeness (QED) is 0.740. The molecule has 6 nitrogen and oxygen atoms in total. The second-order valence-corrected chi connectivity index (χ2v) is 8.01. The number of benzene rings is 2. The summed E-state index contributed by atoms with van der Waals surface area (Å²) in [6.45, 7) is 0.152. The van der Waals surface area contributed by atoms with Gasteiger partial charge in [0.25, 0.3) is 0 Å². The first kappa shape index (κ1) is 20.5. The minimum atomic E-state index is -3.81. The van der Waals surface area contributed by atoms with Gasteiger partial charge in [-0.05, 0) is 37.9 Å². The molecular weight excluding hydrogens is 376 g/mol. The summed E-state index contributed by atoms with van der Waals surface area (Å²) in [5.41, 5.74) is 0.847. The van der Waals surface area contributed by atoms with Gasteiger partial charge in [-0.25, -0.2) is 13.1 Å². The van der Waals surface area contributed by atoms with Crippen molar-refractivity contribution in [3.8, 4) is 11.5 Å². The van der Waals surface area contributed by atoms with E-state index in [2.05, 4.69) is 4.72 Å². The highest BCUT2D eigenvalue weighted by Crippen LogP contribution is 2.29. The zero-order chi connectivity index (χ0) is 19.3. The number of halogens is 1. The molecule has 0 saturated carbocycles. The van der Waals surface area contributed by atoms with E-state index in [0.29, 0.717) is 10.8 Å². The number of nitrogens with one attached hydrogen (secondary N) is 1. The summed E-state index contributed by atoms with van der Waals surface area (Å²) < 4.78 is 38.6. The molecule has 2 rings (SSSR count). The molecule has 0 heterocycles. The number of hydrogen-bond acceptors (Lipinski definition) is 5. The first-order chi connectivity index (χ1) is 12.3. The number of nitrogens with zero attached hydrogens (tertiary/aromatic N) is 1. The number of hydrogen-bond donors (Lipinski definition) is 1. The zero-order valence-corrected chi connectivity index (χ0v) is 16.8. The Morgan fingerprint density at radius 3 is 2.38 bits per heavy atom. The average molecular weight is 399 g/mol. The van der Waals surface area contributed by atoms with Crippen LogP contribution in [0.5, 0.6) is 11.5 Å². The Bertz CT molecular complexity index is 856. The van der Waals surface area contributed by atoms with Crippen LogP contribution in [0.25, 0.3) is 0 Å². The largest absolute Gasteiger partial charge is 0.497 e. The van der Waals surface area contributed by atoms with E-state index in [1.807, 2.05) is 37.2 Å². The molecule has 0 amide bonds. The Labute approximate surface area is 159 Å². The number of sulfonamides is 1. The highest BCUT2D eigenvalue weighted by atomic mass is 35.5. The van der Waals surface area contributed by atoms with Crippen LogP contribution in [0.2, 0.25) is 5.02 Å². The lowest BCUT2D eigenvalue weighted by atomic mass is 10.1. The molecular formula is C18H23ClN2O4S. The Morgan fingerprint density at radius 2 is 1.81 bits per heavy atom. The maximum atomic E-state index is 12.8. The molecule has 142 valence electrons. The molecule has 1 unspecified atom stereocenters. The third kappa shape index (κ3) is 4.67. The maximum Gasteiger partial charge on any atom is 0.244 e. The van der Waals surface area contributed by atoms with Crippen LogP contribution in [-0.2, 0) is 10.0 Å². The van der Waals surface area contributed by atoms with E-state index in [1.54, 1.807) is 18.2 Å². The molecule has 8 heteroatoms. The van der Waals surface area contributed by atoms with Gasteiger partial charge in [0.2, 0.25) is 10.0 Å². The predicted molar refractivity (Wildman–Crippen MR) is 103 cm³/mol. The first-order valence-electron chi connectivity index (χ1n) is 7.92. The lowest BCUT2D eigenvalue weighted by Gasteiger charge is -2.26. The zero-order valence-electron chi connectivity index (χ0n) is 15.2. The van der Waals surface area contributed by atoms with Gasteiger partial charge in [0.1, 0.15) is 16.4 Å². The van der Waals surface area contributed by atoms with Crippen molar-refractivity contribution in [1.29, 1.82) is 0 Å². The van der Waals surface area contributed by atoms with Crippen molar-refractivity contribution < 1.29 is 17.9 Å². The van der Waals surface area contributed by atoms with Crippen LogP contribution in [0.15, 0.2) is 47.4 Å². The average Bonchev–Trinajstić information content (AvgIpc) is 2.62. The minimum absolute atomic E-state index is 0.0241. The summed E-state index contributed by atoms with van der Waals surface area (Å²) in [5.74, 6) is 0.680. The van der Waals surface area contributed by atoms with Crippen LogP contribution in [0.4, 0.5) is 0 Å². The van der Waals surface area contributed by atoms with Gasteiger partial charge >= 0.3 is 0 Å². The summed E-state index contributed by atoms with van der Waals surface area (Å²) in [6.07, 6.45) is 0. The van der Waals surface area contributed by atoms with Crippen molar-refractivity contribution in [2.24, 2.45) is 0 Å². The number of ether oxygens (including phenoxy) is 2. The summed E-state index contributed by atoms with van der Waals surface area (Å²) >= 11 is 6.28. The molecule has 0 aromatic heterocycles. The maximum absolute atomic E-state index is 12.8. The van der Waals surface area contributed by atoms with Crippen molar-refractivity contribution in [2.45, 2.75) is 10.9 Å². The van der Waals surface area contributed by atoms with Gasteiger partial charge in [0, 0.05) is 23.7 Å². The fourth-order valence-electron chi connectivity index (χ4n) is 2.58. The van der Waals surface area contributed by atoms with Gasteiger partial charge in [0.15, 0.2) is 0 Å². The van der Waals surface area contributed by atoms with E-state index in [0.717, 1.165) is 5.56 Å². The van der Waals surface area contributed by atoms with E-state index in [4.69, 9.17) is 21.1 Å². The van der Waals surface area contributed by atoms with E-state index < -0.39 is 10.0 Å². The first-order valence-corrected chi connectivity index (χ1v) is 9.78. The van der Waals surface area contributed by atoms with E-state index in [9.17, 15) is 8.42 Å². The van der Waals surface area contributed by atoms with E-state index >= 15 is 0 Å². The molecule has 1 atom stereocenters. The van der Waals surface area contributed by atoms with Crippen LogP contribution in [0.1, 0.15) is 11.6 Å². The Hall–Kier alpha value is -1.80. The summed E-state index contributed by atoms with van der Waals surface area (Å²) in [4.78, 5) is 1.93. The van der Waals surface area contributed by atoms with Crippen molar-refractivity contribution >= 4 is 21.6 Å². The number of methoxy groups -OCH3 is 2. The highest BCUT2D eigenvalue weighted by molar-refractivity contribution is 7.89. The summed E-state index contributed by atoms with van der Waals surface area (Å²) in [6, 6.07) is 11.8. The molecule has 0 saturated heterocycles. The van der Waals surface area contributed by atoms with Gasteiger partial charge in [-0.2, -0.15) is 0 Å². The molecule has 2 aromatic rings. The molecule has 1 N–H and O–H groups in total. The Balaban J connectivity index is 2.30. The fraction of sp³-hybridized carbons (Fsp3) is 0.333. The smallest absolute Gasteiger partial charge is 0.244 e.